The van der Waals surface area contributed by atoms with Gasteiger partial charge < -0.3 is 9.73 Å². The molecule has 25 heavy (non-hydrogen) atoms. The Labute approximate surface area is 153 Å². The summed E-state index contributed by atoms with van der Waals surface area (Å²) in [6.45, 7) is 0. The summed E-state index contributed by atoms with van der Waals surface area (Å²) in [6, 6.07) is 22.9. The topological polar surface area (TPSA) is 42.2 Å². The molecule has 4 rings (SSSR count). The van der Waals surface area contributed by atoms with Crippen molar-refractivity contribution in [3.05, 3.63) is 89.1 Å². The van der Waals surface area contributed by atoms with E-state index in [-0.39, 0.29) is 5.91 Å². The van der Waals surface area contributed by atoms with E-state index >= 15 is 0 Å². The molecule has 0 aliphatic rings. The molecule has 0 atom stereocenters. The summed E-state index contributed by atoms with van der Waals surface area (Å²) in [4.78, 5) is 12.6. The van der Waals surface area contributed by atoms with E-state index in [1.54, 1.807) is 18.4 Å². The average Bonchev–Trinajstić information content (AvgIpc) is 3.06. The number of nitrogens with one attached hydrogen (secondary N) is 1. The van der Waals surface area contributed by atoms with Crippen LogP contribution in [0.4, 0.5) is 5.69 Å². The van der Waals surface area contributed by atoms with Crippen LogP contribution in [0.15, 0.2) is 87.9 Å². The van der Waals surface area contributed by atoms with Gasteiger partial charge in [0.1, 0.15) is 5.58 Å². The fourth-order valence-electron chi connectivity index (χ4n) is 2.84. The van der Waals surface area contributed by atoms with Crippen molar-refractivity contribution in [3.63, 3.8) is 0 Å². The highest BCUT2D eigenvalue weighted by Crippen LogP contribution is 2.35. The van der Waals surface area contributed by atoms with E-state index in [2.05, 4.69) is 21.2 Å². The number of halogens is 1. The van der Waals surface area contributed by atoms with Gasteiger partial charge in [0.05, 0.1) is 6.26 Å². The molecule has 1 amide bonds. The third-order valence-corrected chi connectivity index (χ3v) is 4.53. The van der Waals surface area contributed by atoms with Crippen molar-refractivity contribution < 1.29 is 9.21 Å². The molecule has 1 aromatic heterocycles. The molecule has 0 saturated carbocycles. The number of benzene rings is 3. The highest BCUT2D eigenvalue weighted by molar-refractivity contribution is 9.10. The second-order valence-corrected chi connectivity index (χ2v) is 6.57. The quantitative estimate of drug-likeness (QED) is 0.457. The summed E-state index contributed by atoms with van der Waals surface area (Å²) in [6.07, 6.45) is 1.73. The van der Waals surface area contributed by atoms with Crippen molar-refractivity contribution in [1.82, 2.24) is 0 Å². The number of amides is 1. The number of para-hydroxylation sites is 2. The van der Waals surface area contributed by atoms with Gasteiger partial charge in [0.25, 0.3) is 5.91 Å². The fraction of sp³-hybridized carbons (Fsp3) is 0. The molecule has 3 nitrogen and oxygen atoms in total. The summed E-state index contributed by atoms with van der Waals surface area (Å²) in [5.41, 5.74) is 4.06. The second-order valence-electron chi connectivity index (χ2n) is 5.66. The van der Waals surface area contributed by atoms with Crippen molar-refractivity contribution in [3.8, 4) is 11.1 Å². The minimum Gasteiger partial charge on any atom is -0.464 e. The molecule has 0 aliphatic heterocycles. The lowest BCUT2D eigenvalue weighted by molar-refractivity contribution is 0.102. The summed E-state index contributed by atoms with van der Waals surface area (Å²) in [5, 5.41) is 4.03. The van der Waals surface area contributed by atoms with Crippen molar-refractivity contribution in [2.24, 2.45) is 0 Å². The van der Waals surface area contributed by atoms with Crippen LogP contribution >= 0.6 is 15.9 Å². The molecule has 0 radical (unpaired) electrons. The first-order valence-electron chi connectivity index (χ1n) is 7.85. The van der Waals surface area contributed by atoms with Crippen LogP contribution in [-0.2, 0) is 0 Å². The molecule has 0 saturated heterocycles. The average molecular weight is 392 g/mol. The first-order valence-corrected chi connectivity index (χ1v) is 8.64. The van der Waals surface area contributed by atoms with E-state index in [4.69, 9.17) is 4.42 Å². The van der Waals surface area contributed by atoms with Crippen molar-refractivity contribution in [2.45, 2.75) is 0 Å². The third kappa shape index (κ3) is 3.08. The Balaban J connectivity index is 1.74. The van der Waals surface area contributed by atoms with Crippen molar-refractivity contribution in [1.29, 1.82) is 0 Å². The van der Waals surface area contributed by atoms with Gasteiger partial charge in [-0.05, 0) is 30.3 Å². The minimum absolute atomic E-state index is 0.151. The van der Waals surface area contributed by atoms with Crippen LogP contribution in [0.3, 0.4) is 0 Å². The number of fused-ring (bicyclic) bond motifs is 1. The maximum atomic E-state index is 12.6. The van der Waals surface area contributed by atoms with Crippen LogP contribution in [0.2, 0.25) is 0 Å². The largest absolute Gasteiger partial charge is 0.464 e. The number of rotatable bonds is 3. The Kier molecular flexibility index (Phi) is 4.12. The van der Waals surface area contributed by atoms with Gasteiger partial charge in [-0.3, -0.25) is 4.79 Å². The van der Waals surface area contributed by atoms with Gasteiger partial charge in [-0.2, -0.15) is 0 Å². The van der Waals surface area contributed by atoms with E-state index in [1.807, 2.05) is 60.7 Å². The second kappa shape index (κ2) is 6.57. The normalized spacial score (nSPS) is 10.8. The molecule has 0 bridgehead atoms. The number of carbonyl (C=O) groups is 1. The number of hydrogen-bond donors (Lipinski definition) is 1. The van der Waals surface area contributed by atoms with Crippen LogP contribution in [0.25, 0.3) is 22.1 Å². The van der Waals surface area contributed by atoms with Gasteiger partial charge in [0, 0.05) is 32.2 Å². The molecule has 0 aliphatic carbocycles. The standard InChI is InChI=1S/C21H14BrNO2/c22-15-7-5-6-14(12-15)21(24)23-19-10-3-1-8-16(19)18-13-25-20-11-4-2-9-17(18)20/h1-13H,(H,23,24). The zero-order valence-corrected chi connectivity index (χ0v) is 14.8. The van der Waals surface area contributed by atoms with E-state index in [1.165, 1.54) is 0 Å². The molecular weight excluding hydrogens is 378 g/mol. The van der Waals surface area contributed by atoms with Gasteiger partial charge in [-0.1, -0.05) is 58.4 Å². The number of hydrogen-bond acceptors (Lipinski definition) is 2. The van der Waals surface area contributed by atoms with Crippen molar-refractivity contribution >= 4 is 38.5 Å². The predicted octanol–water partition coefficient (Wildman–Crippen LogP) is 6.11. The monoisotopic (exact) mass is 391 g/mol. The Morgan fingerprint density at radius 3 is 2.56 bits per heavy atom. The molecule has 4 heteroatoms. The van der Waals surface area contributed by atoms with Crippen LogP contribution in [0.5, 0.6) is 0 Å². The smallest absolute Gasteiger partial charge is 0.255 e. The Morgan fingerprint density at radius 2 is 1.68 bits per heavy atom. The maximum absolute atomic E-state index is 12.6. The van der Waals surface area contributed by atoms with E-state index in [0.29, 0.717) is 5.56 Å². The lowest BCUT2D eigenvalue weighted by Crippen LogP contribution is -2.12. The number of furan rings is 1. The van der Waals surface area contributed by atoms with Gasteiger partial charge in [0.15, 0.2) is 0 Å². The molecular formula is C21H14BrNO2. The summed E-state index contributed by atoms with van der Waals surface area (Å²) in [7, 11) is 0. The zero-order valence-electron chi connectivity index (χ0n) is 13.2. The number of carbonyl (C=O) groups excluding carboxylic acids is 1. The molecule has 0 unspecified atom stereocenters. The zero-order chi connectivity index (χ0) is 17.2. The lowest BCUT2D eigenvalue weighted by Gasteiger charge is -2.10. The molecule has 4 aromatic rings. The molecule has 0 spiro atoms. The Bertz CT molecular complexity index is 1070. The Hall–Kier alpha value is -2.85. The molecule has 1 heterocycles. The van der Waals surface area contributed by atoms with E-state index < -0.39 is 0 Å². The number of anilines is 1. The predicted molar refractivity (Wildman–Crippen MR) is 104 cm³/mol. The van der Waals surface area contributed by atoms with Crippen LogP contribution < -0.4 is 5.32 Å². The van der Waals surface area contributed by atoms with Crippen LogP contribution in [0, 0.1) is 0 Å². The molecule has 1 N–H and O–H groups in total. The molecule has 122 valence electrons. The maximum Gasteiger partial charge on any atom is 0.255 e. The van der Waals surface area contributed by atoms with E-state index in [9.17, 15) is 4.79 Å². The molecule has 0 fully saturated rings. The SMILES string of the molecule is O=C(Nc1ccccc1-c1coc2ccccc12)c1cccc(Br)c1. The fourth-order valence-corrected chi connectivity index (χ4v) is 3.24. The highest BCUT2D eigenvalue weighted by Gasteiger charge is 2.14. The first-order chi connectivity index (χ1) is 12.2. The summed E-state index contributed by atoms with van der Waals surface area (Å²) < 4.78 is 6.51. The first kappa shape index (κ1) is 15.7. The van der Waals surface area contributed by atoms with Gasteiger partial charge in [-0.25, -0.2) is 0 Å². The van der Waals surface area contributed by atoms with Crippen LogP contribution in [-0.4, -0.2) is 5.91 Å². The molecule has 3 aromatic carbocycles. The highest BCUT2D eigenvalue weighted by atomic mass is 79.9. The Morgan fingerprint density at radius 1 is 0.880 bits per heavy atom. The summed E-state index contributed by atoms with van der Waals surface area (Å²) >= 11 is 3.40. The van der Waals surface area contributed by atoms with Crippen molar-refractivity contribution in [2.75, 3.05) is 5.32 Å². The summed E-state index contributed by atoms with van der Waals surface area (Å²) in [5.74, 6) is -0.151. The van der Waals surface area contributed by atoms with Gasteiger partial charge >= 0.3 is 0 Å². The van der Waals surface area contributed by atoms with Gasteiger partial charge in [-0.15, -0.1) is 0 Å². The minimum atomic E-state index is -0.151. The lowest BCUT2D eigenvalue weighted by atomic mass is 10.0. The van der Waals surface area contributed by atoms with Crippen LogP contribution in [0.1, 0.15) is 10.4 Å². The van der Waals surface area contributed by atoms with Gasteiger partial charge in [0.2, 0.25) is 0 Å². The third-order valence-electron chi connectivity index (χ3n) is 4.03. The van der Waals surface area contributed by atoms with E-state index in [0.717, 1.165) is 32.3 Å².